The van der Waals surface area contributed by atoms with E-state index >= 15 is 0 Å². The molecule has 21 heavy (non-hydrogen) atoms. The summed E-state index contributed by atoms with van der Waals surface area (Å²) in [7, 11) is 3.06. The lowest BCUT2D eigenvalue weighted by atomic mass is 9.62. The van der Waals surface area contributed by atoms with Crippen LogP contribution in [0.4, 0.5) is 0 Å². The van der Waals surface area contributed by atoms with Crippen LogP contribution in [0.2, 0.25) is 5.02 Å². The molecule has 0 unspecified atom stereocenters. The molecule has 5 heteroatoms. The standard InChI is InChI=1S/C16H21ClO4/c1-9(2)12-10(16(15(18)19)6-5-7-16)8-11(20-3)14(21-4)13(12)17/h8-9H,5-7H2,1-4H3,(H,18,19). The van der Waals surface area contributed by atoms with Crippen molar-refractivity contribution in [2.75, 3.05) is 14.2 Å². The van der Waals surface area contributed by atoms with Crippen molar-refractivity contribution in [1.82, 2.24) is 0 Å². The fraction of sp³-hybridized carbons (Fsp3) is 0.562. The number of hydrogen-bond acceptors (Lipinski definition) is 3. The van der Waals surface area contributed by atoms with Gasteiger partial charge in [-0.05, 0) is 36.0 Å². The quantitative estimate of drug-likeness (QED) is 0.893. The number of ether oxygens (including phenoxy) is 2. The second-order valence-electron chi connectivity index (χ2n) is 5.78. The molecule has 0 aromatic heterocycles. The molecule has 1 aromatic carbocycles. The predicted octanol–water partition coefficient (Wildman–Crippen LogP) is 3.99. The van der Waals surface area contributed by atoms with Crippen molar-refractivity contribution < 1.29 is 19.4 Å². The molecule has 4 nitrogen and oxygen atoms in total. The molecule has 0 atom stereocenters. The maximum atomic E-state index is 11.8. The molecule has 1 saturated carbocycles. The maximum Gasteiger partial charge on any atom is 0.314 e. The zero-order valence-electron chi connectivity index (χ0n) is 12.8. The van der Waals surface area contributed by atoms with Crippen molar-refractivity contribution in [2.45, 2.75) is 44.4 Å². The zero-order valence-corrected chi connectivity index (χ0v) is 13.6. The predicted molar refractivity (Wildman–Crippen MR) is 81.8 cm³/mol. The van der Waals surface area contributed by atoms with E-state index in [4.69, 9.17) is 21.1 Å². The van der Waals surface area contributed by atoms with Gasteiger partial charge < -0.3 is 14.6 Å². The van der Waals surface area contributed by atoms with Gasteiger partial charge in [-0.25, -0.2) is 0 Å². The number of benzene rings is 1. The Balaban J connectivity index is 2.75. The number of carbonyl (C=O) groups is 1. The summed E-state index contributed by atoms with van der Waals surface area (Å²) in [5.41, 5.74) is 0.762. The van der Waals surface area contributed by atoms with E-state index in [9.17, 15) is 9.90 Å². The van der Waals surface area contributed by atoms with Crippen molar-refractivity contribution in [2.24, 2.45) is 0 Å². The molecule has 1 aromatic rings. The Hall–Kier alpha value is -1.42. The Kier molecular flexibility index (Phi) is 4.38. The van der Waals surface area contributed by atoms with Gasteiger partial charge in [0, 0.05) is 0 Å². The monoisotopic (exact) mass is 312 g/mol. The van der Waals surface area contributed by atoms with Crippen LogP contribution in [0.3, 0.4) is 0 Å². The molecule has 2 rings (SSSR count). The van der Waals surface area contributed by atoms with Gasteiger partial charge >= 0.3 is 5.97 Å². The van der Waals surface area contributed by atoms with Gasteiger partial charge in [0.15, 0.2) is 11.5 Å². The summed E-state index contributed by atoms with van der Waals surface area (Å²) in [6.45, 7) is 4.01. The average molecular weight is 313 g/mol. The second-order valence-corrected chi connectivity index (χ2v) is 6.16. The average Bonchev–Trinajstić information content (AvgIpc) is 2.35. The van der Waals surface area contributed by atoms with Crippen LogP contribution in [0.15, 0.2) is 6.07 Å². The normalized spacial score (nSPS) is 16.5. The number of rotatable bonds is 5. The third-order valence-electron chi connectivity index (χ3n) is 4.36. The first-order valence-electron chi connectivity index (χ1n) is 7.07. The van der Waals surface area contributed by atoms with Crippen LogP contribution in [0.5, 0.6) is 11.5 Å². The molecule has 1 aliphatic rings. The van der Waals surface area contributed by atoms with Gasteiger partial charge in [-0.1, -0.05) is 31.9 Å². The van der Waals surface area contributed by atoms with Gasteiger partial charge in [-0.3, -0.25) is 4.79 Å². The SMILES string of the molecule is COc1cc(C2(C(=O)O)CCC2)c(C(C)C)c(Cl)c1OC. The first-order chi connectivity index (χ1) is 9.89. The Morgan fingerprint density at radius 3 is 2.29 bits per heavy atom. The minimum absolute atomic E-state index is 0.101. The minimum atomic E-state index is -0.844. The zero-order chi connectivity index (χ0) is 15.8. The van der Waals surface area contributed by atoms with Gasteiger partial charge in [0.25, 0.3) is 0 Å². The molecule has 0 amide bonds. The van der Waals surface area contributed by atoms with E-state index in [1.807, 2.05) is 13.8 Å². The molecule has 1 N–H and O–H groups in total. The van der Waals surface area contributed by atoms with E-state index in [2.05, 4.69) is 0 Å². The second kappa shape index (κ2) is 5.76. The lowest BCUT2D eigenvalue weighted by Gasteiger charge is -2.40. The summed E-state index contributed by atoms with van der Waals surface area (Å²) in [4.78, 5) is 11.8. The van der Waals surface area contributed by atoms with E-state index in [0.29, 0.717) is 29.4 Å². The van der Waals surface area contributed by atoms with Gasteiger partial charge in [0.05, 0.1) is 24.7 Å². The van der Waals surface area contributed by atoms with Gasteiger partial charge in [0.1, 0.15) is 0 Å². The highest BCUT2D eigenvalue weighted by Gasteiger charge is 2.48. The third-order valence-corrected chi connectivity index (χ3v) is 4.73. The van der Waals surface area contributed by atoms with Crippen LogP contribution in [-0.2, 0) is 10.2 Å². The van der Waals surface area contributed by atoms with E-state index in [0.717, 1.165) is 17.5 Å². The molecule has 0 saturated heterocycles. The summed E-state index contributed by atoms with van der Waals surface area (Å²) < 4.78 is 10.7. The van der Waals surface area contributed by atoms with Crippen LogP contribution >= 0.6 is 11.6 Å². The van der Waals surface area contributed by atoms with E-state index < -0.39 is 11.4 Å². The molecule has 1 fully saturated rings. The summed E-state index contributed by atoms with van der Waals surface area (Å²) >= 11 is 6.49. The van der Waals surface area contributed by atoms with Crippen molar-refractivity contribution in [1.29, 1.82) is 0 Å². The van der Waals surface area contributed by atoms with Gasteiger partial charge in [-0.15, -0.1) is 0 Å². The summed E-state index contributed by atoms with van der Waals surface area (Å²) in [6, 6.07) is 1.79. The fourth-order valence-corrected chi connectivity index (χ4v) is 3.54. The Morgan fingerprint density at radius 2 is 1.95 bits per heavy atom. The molecular weight excluding hydrogens is 292 g/mol. The molecule has 0 heterocycles. The molecule has 116 valence electrons. The van der Waals surface area contributed by atoms with Crippen molar-refractivity contribution in [3.63, 3.8) is 0 Å². The molecule has 1 aliphatic carbocycles. The highest BCUT2D eigenvalue weighted by molar-refractivity contribution is 6.33. The van der Waals surface area contributed by atoms with E-state index in [-0.39, 0.29) is 5.92 Å². The van der Waals surface area contributed by atoms with Crippen LogP contribution in [0.1, 0.15) is 50.2 Å². The highest BCUT2D eigenvalue weighted by Crippen LogP contribution is 2.52. The molecular formula is C16H21ClO4. The number of methoxy groups -OCH3 is 2. The number of carboxylic acids is 1. The van der Waals surface area contributed by atoms with Gasteiger partial charge in [-0.2, -0.15) is 0 Å². The van der Waals surface area contributed by atoms with Crippen molar-refractivity contribution >= 4 is 17.6 Å². The molecule has 0 radical (unpaired) electrons. The lowest BCUT2D eigenvalue weighted by Crippen LogP contribution is -2.43. The van der Waals surface area contributed by atoms with E-state index in [1.54, 1.807) is 6.07 Å². The number of hydrogen-bond donors (Lipinski definition) is 1. The Morgan fingerprint density at radius 1 is 1.33 bits per heavy atom. The summed E-state index contributed by atoms with van der Waals surface area (Å²) in [5.74, 6) is 0.254. The smallest absolute Gasteiger partial charge is 0.314 e. The molecule has 0 aliphatic heterocycles. The summed E-state index contributed by atoms with van der Waals surface area (Å²) in [5, 5.41) is 10.2. The van der Waals surface area contributed by atoms with Crippen LogP contribution in [0.25, 0.3) is 0 Å². The Labute approximate surface area is 130 Å². The topological polar surface area (TPSA) is 55.8 Å². The van der Waals surface area contributed by atoms with E-state index in [1.165, 1.54) is 14.2 Å². The molecule has 0 spiro atoms. The van der Waals surface area contributed by atoms with Crippen LogP contribution in [0, 0.1) is 0 Å². The summed E-state index contributed by atoms with van der Waals surface area (Å²) in [6.07, 6.45) is 2.18. The van der Waals surface area contributed by atoms with Gasteiger partial charge in [0.2, 0.25) is 0 Å². The Bertz CT molecular complexity index is 562. The highest BCUT2D eigenvalue weighted by atomic mass is 35.5. The van der Waals surface area contributed by atoms with Crippen molar-refractivity contribution in [3.05, 3.63) is 22.2 Å². The number of carboxylic acid groups (broad SMARTS) is 1. The van der Waals surface area contributed by atoms with Crippen molar-refractivity contribution in [3.8, 4) is 11.5 Å². The number of halogens is 1. The number of aliphatic carboxylic acids is 1. The van der Waals surface area contributed by atoms with Crippen LogP contribution in [-0.4, -0.2) is 25.3 Å². The third kappa shape index (κ3) is 2.35. The lowest BCUT2D eigenvalue weighted by molar-refractivity contribution is -0.147. The maximum absolute atomic E-state index is 11.8. The largest absolute Gasteiger partial charge is 0.493 e. The fourth-order valence-electron chi connectivity index (χ4n) is 3.05. The minimum Gasteiger partial charge on any atom is -0.493 e. The first kappa shape index (κ1) is 16.0. The molecule has 0 bridgehead atoms. The first-order valence-corrected chi connectivity index (χ1v) is 7.45. The van der Waals surface area contributed by atoms with Crippen LogP contribution < -0.4 is 9.47 Å².